The van der Waals surface area contributed by atoms with Gasteiger partial charge in [0, 0.05) is 52.2 Å². The van der Waals surface area contributed by atoms with Crippen LogP contribution in [0.4, 0.5) is 4.39 Å². The van der Waals surface area contributed by atoms with Crippen molar-refractivity contribution in [2.24, 2.45) is 4.99 Å². The summed E-state index contributed by atoms with van der Waals surface area (Å²) in [5, 5.41) is 6.82. The third-order valence-corrected chi connectivity index (χ3v) is 5.59. The van der Waals surface area contributed by atoms with Gasteiger partial charge in [0.2, 0.25) is 5.91 Å². The molecule has 0 aromatic heterocycles. The van der Waals surface area contributed by atoms with Gasteiger partial charge >= 0.3 is 0 Å². The molecule has 2 fully saturated rings. The molecule has 0 aliphatic carbocycles. The molecular formula is C21H32FN5O2. The molecule has 8 heteroatoms. The molecule has 0 radical (unpaired) electrons. The van der Waals surface area contributed by atoms with Crippen LogP contribution in [-0.4, -0.2) is 80.7 Å². The van der Waals surface area contributed by atoms with Crippen LogP contribution >= 0.6 is 0 Å². The number of likely N-dealkylation sites (tertiary alicyclic amines) is 1. The highest BCUT2D eigenvalue weighted by Gasteiger charge is 2.27. The molecule has 2 heterocycles. The normalized spacial score (nSPS) is 21.8. The predicted molar refractivity (Wildman–Crippen MR) is 111 cm³/mol. The maximum absolute atomic E-state index is 13.8. The molecule has 2 atom stereocenters. The lowest BCUT2D eigenvalue weighted by molar-refractivity contribution is -0.129. The van der Waals surface area contributed by atoms with E-state index in [1.165, 1.54) is 6.07 Å². The van der Waals surface area contributed by atoms with Gasteiger partial charge in [-0.1, -0.05) is 19.1 Å². The lowest BCUT2D eigenvalue weighted by Gasteiger charge is -2.35. The zero-order valence-corrected chi connectivity index (χ0v) is 17.4. The first-order valence-electron chi connectivity index (χ1n) is 10.4. The zero-order valence-electron chi connectivity index (χ0n) is 17.4. The van der Waals surface area contributed by atoms with E-state index < -0.39 is 0 Å². The number of rotatable bonds is 6. The minimum absolute atomic E-state index is 0.0231. The van der Waals surface area contributed by atoms with E-state index in [2.05, 4.69) is 20.5 Å². The second-order valence-electron chi connectivity index (χ2n) is 7.50. The summed E-state index contributed by atoms with van der Waals surface area (Å²) >= 11 is 0. The van der Waals surface area contributed by atoms with Crippen molar-refractivity contribution in [2.45, 2.75) is 31.8 Å². The van der Waals surface area contributed by atoms with Crippen LogP contribution in [0.2, 0.25) is 0 Å². The van der Waals surface area contributed by atoms with Gasteiger partial charge in [-0.2, -0.15) is 0 Å². The molecule has 2 unspecified atom stereocenters. The highest BCUT2D eigenvalue weighted by Crippen LogP contribution is 2.22. The molecule has 7 nitrogen and oxygen atoms in total. The summed E-state index contributed by atoms with van der Waals surface area (Å²) < 4.78 is 19.3. The number of benzene rings is 1. The van der Waals surface area contributed by atoms with Crippen LogP contribution in [0.25, 0.3) is 0 Å². The molecule has 2 saturated heterocycles. The average Bonchev–Trinajstić information content (AvgIpc) is 3.22. The number of amides is 1. The third kappa shape index (κ3) is 5.90. The second-order valence-corrected chi connectivity index (χ2v) is 7.50. The molecule has 29 heavy (non-hydrogen) atoms. The van der Waals surface area contributed by atoms with Crippen molar-refractivity contribution < 1.29 is 13.9 Å². The van der Waals surface area contributed by atoms with E-state index in [4.69, 9.17) is 4.74 Å². The maximum atomic E-state index is 13.8. The number of guanidine groups is 1. The van der Waals surface area contributed by atoms with Crippen molar-refractivity contribution in [1.82, 2.24) is 20.4 Å². The minimum Gasteiger partial charge on any atom is -0.379 e. The van der Waals surface area contributed by atoms with Gasteiger partial charge in [-0.3, -0.25) is 14.7 Å². The molecule has 1 amide bonds. The molecule has 2 aliphatic rings. The minimum atomic E-state index is -0.227. The van der Waals surface area contributed by atoms with Crippen molar-refractivity contribution in [3.8, 4) is 0 Å². The first-order chi connectivity index (χ1) is 14.1. The summed E-state index contributed by atoms with van der Waals surface area (Å²) in [5.41, 5.74) is 0.940. The number of carbonyl (C=O) groups is 1. The molecule has 160 valence electrons. The first kappa shape index (κ1) is 21.5. The Morgan fingerprint density at radius 3 is 2.83 bits per heavy atom. The molecule has 1 aromatic carbocycles. The monoisotopic (exact) mass is 405 g/mol. The zero-order chi connectivity index (χ0) is 20.6. The van der Waals surface area contributed by atoms with Gasteiger partial charge in [0.25, 0.3) is 0 Å². The number of morpholine rings is 1. The number of hydrogen-bond donors (Lipinski definition) is 2. The van der Waals surface area contributed by atoms with Gasteiger partial charge in [-0.15, -0.1) is 0 Å². The molecule has 1 aromatic rings. The summed E-state index contributed by atoms with van der Waals surface area (Å²) in [6, 6.07) is 7.00. The van der Waals surface area contributed by atoms with Crippen LogP contribution in [0.15, 0.2) is 29.3 Å². The van der Waals surface area contributed by atoms with Crippen molar-refractivity contribution in [2.75, 3.05) is 53.0 Å². The third-order valence-electron chi connectivity index (χ3n) is 5.59. The number of aliphatic imine (C=N–C) groups is 1. The number of ether oxygens (including phenoxy) is 1. The van der Waals surface area contributed by atoms with Gasteiger partial charge in [-0.25, -0.2) is 4.39 Å². The Balaban J connectivity index is 1.61. The van der Waals surface area contributed by atoms with Gasteiger partial charge < -0.3 is 20.3 Å². The smallest absolute Gasteiger partial charge is 0.222 e. The topological polar surface area (TPSA) is 69.2 Å². The summed E-state index contributed by atoms with van der Waals surface area (Å²) in [4.78, 5) is 20.5. The van der Waals surface area contributed by atoms with E-state index in [0.29, 0.717) is 38.7 Å². The quantitative estimate of drug-likeness (QED) is 0.553. The van der Waals surface area contributed by atoms with Crippen LogP contribution in [-0.2, 0) is 9.53 Å². The van der Waals surface area contributed by atoms with Crippen LogP contribution < -0.4 is 10.6 Å². The molecule has 2 aliphatic heterocycles. The molecule has 2 N–H and O–H groups in total. The Morgan fingerprint density at radius 1 is 1.34 bits per heavy atom. The van der Waals surface area contributed by atoms with E-state index in [9.17, 15) is 9.18 Å². The Kier molecular flexibility index (Phi) is 7.83. The highest BCUT2D eigenvalue weighted by molar-refractivity contribution is 5.80. The predicted octanol–water partition coefficient (Wildman–Crippen LogP) is 1.37. The molecule has 0 saturated carbocycles. The Morgan fingerprint density at radius 2 is 2.14 bits per heavy atom. The summed E-state index contributed by atoms with van der Waals surface area (Å²) in [6.07, 6.45) is 1.44. The van der Waals surface area contributed by atoms with Gasteiger partial charge in [0.1, 0.15) is 5.82 Å². The number of nitrogens with one attached hydrogen (secondary N) is 2. The second kappa shape index (κ2) is 10.5. The summed E-state index contributed by atoms with van der Waals surface area (Å²) in [5.74, 6) is 0.668. The van der Waals surface area contributed by atoms with E-state index in [1.807, 2.05) is 17.9 Å². The number of halogens is 1. The fraction of sp³-hybridized carbons (Fsp3) is 0.619. The van der Waals surface area contributed by atoms with E-state index in [1.54, 1.807) is 19.2 Å². The largest absolute Gasteiger partial charge is 0.379 e. The number of nitrogens with zero attached hydrogens (tertiary/aromatic N) is 3. The number of carbonyl (C=O) groups excluding carboxylic acids is 1. The van der Waals surface area contributed by atoms with E-state index >= 15 is 0 Å². The fourth-order valence-electron chi connectivity index (χ4n) is 3.97. The molecular weight excluding hydrogens is 373 g/mol. The summed E-state index contributed by atoms with van der Waals surface area (Å²) in [7, 11) is 1.74. The van der Waals surface area contributed by atoms with Crippen molar-refractivity contribution in [1.29, 1.82) is 0 Å². The van der Waals surface area contributed by atoms with E-state index in [-0.39, 0.29) is 23.8 Å². The Labute approximate surface area is 172 Å². The standard InChI is InChI=1S/C21H32FN5O2/c1-3-20(28)27-8-7-18(15-27)25-21(23-2)24-14-19(26-9-11-29-12-10-26)16-5-4-6-17(22)13-16/h4-6,13,18-19H,3,7-12,14-15H2,1-2H3,(H2,23,24,25). The lowest BCUT2D eigenvalue weighted by Crippen LogP contribution is -2.49. The Hall–Kier alpha value is -2.19. The fourth-order valence-corrected chi connectivity index (χ4v) is 3.97. The van der Waals surface area contributed by atoms with E-state index in [0.717, 1.165) is 31.6 Å². The Bertz CT molecular complexity index is 708. The highest BCUT2D eigenvalue weighted by atomic mass is 19.1. The number of hydrogen-bond acceptors (Lipinski definition) is 4. The van der Waals surface area contributed by atoms with Crippen LogP contribution in [0.5, 0.6) is 0 Å². The van der Waals surface area contributed by atoms with Crippen molar-refractivity contribution >= 4 is 11.9 Å². The molecule has 3 rings (SSSR count). The maximum Gasteiger partial charge on any atom is 0.222 e. The summed E-state index contributed by atoms with van der Waals surface area (Å²) in [6.45, 7) is 6.96. The first-order valence-corrected chi connectivity index (χ1v) is 10.4. The average molecular weight is 406 g/mol. The van der Waals surface area contributed by atoms with Crippen LogP contribution in [0.3, 0.4) is 0 Å². The van der Waals surface area contributed by atoms with Crippen LogP contribution in [0, 0.1) is 5.82 Å². The van der Waals surface area contributed by atoms with Crippen molar-refractivity contribution in [3.63, 3.8) is 0 Å². The molecule has 0 bridgehead atoms. The van der Waals surface area contributed by atoms with Gasteiger partial charge in [0.05, 0.1) is 19.3 Å². The molecule has 0 spiro atoms. The van der Waals surface area contributed by atoms with Crippen molar-refractivity contribution in [3.05, 3.63) is 35.6 Å². The van der Waals surface area contributed by atoms with Gasteiger partial charge in [-0.05, 0) is 24.1 Å². The van der Waals surface area contributed by atoms with Gasteiger partial charge in [0.15, 0.2) is 5.96 Å². The SMILES string of the molecule is CCC(=O)N1CCC(NC(=NC)NCC(c2cccc(F)c2)N2CCOCC2)C1. The van der Waals surface area contributed by atoms with Crippen LogP contribution in [0.1, 0.15) is 31.4 Å². The lowest BCUT2D eigenvalue weighted by atomic mass is 10.0.